The highest BCUT2D eigenvalue weighted by Crippen LogP contribution is 2.39. The number of para-hydroxylation sites is 1. The highest BCUT2D eigenvalue weighted by atomic mass is 16.3. The van der Waals surface area contributed by atoms with Gasteiger partial charge in [0, 0.05) is 28.7 Å². The smallest absolute Gasteiger partial charge is 0.145 e. The average Bonchev–Trinajstić information content (AvgIpc) is 3.16. The van der Waals surface area contributed by atoms with E-state index in [1.165, 1.54) is 51.0 Å². The second-order valence-electron chi connectivity index (χ2n) is 6.91. The number of hydrogen-bond acceptors (Lipinski definition) is 1. The molecule has 25 heavy (non-hydrogen) atoms. The molecule has 0 unspecified atom stereocenters. The van der Waals surface area contributed by atoms with E-state index in [9.17, 15) is 0 Å². The number of aromatic nitrogens is 1. The van der Waals surface area contributed by atoms with Crippen LogP contribution in [0.4, 0.5) is 0 Å². The van der Waals surface area contributed by atoms with E-state index in [0.29, 0.717) is 0 Å². The summed E-state index contributed by atoms with van der Waals surface area (Å²) in [5, 5.41) is 5.03. The van der Waals surface area contributed by atoms with Gasteiger partial charge < -0.3 is 8.98 Å². The van der Waals surface area contributed by atoms with E-state index < -0.39 is 0 Å². The average molecular weight is 327 g/mol. The molecule has 2 aromatic heterocycles. The van der Waals surface area contributed by atoms with Crippen LogP contribution in [0.5, 0.6) is 0 Å². The molecule has 5 aromatic rings. The van der Waals surface area contributed by atoms with Crippen molar-refractivity contribution in [3.05, 3.63) is 60.2 Å². The van der Waals surface area contributed by atoms with Crippen molar-refractivity contribution in [2.24, 2.45) is 7.05 Å². The third-order valence-electron chi connectivity index (χ3n) is 5.43. The molecule has 0 aliphatic heterocycles. The molecule has 0 bridgehead atoms. The van der Waals surface area contributed by atoms with Crippen LogP contribution in [0, 0.1) is 0 Å². The van der Waals surface area contributed by atoms with Crippen LogP contribution in [0.3, 0.4) is 0 Å². The van der Waals surface area contributed by atoms with Crippen molar-refractivity contribution in [2.45, 2.75) is 26.2 Å². The molecule has 0 aliphatic rings. The SMILES string of the molecule is CCCCc1cccc2oc3c(ccc4c3c3ccccc3n4C)c12. The van der Waals surface area contributed by atoms with Crippen LogP contribution in [0.1, 0.15) is 25.3 Å². The third-order valence-corrected chi connectivity index (χ3v) is 5.43. The minimum Gasteiger partial charge on any atom is -0.455 e. The maximum Gasteiger partial charge on any atom is 0.145 e. The Balaban J connectivity index is 1.95. The molecule has 2 nitrogen and oxygen atoms in total. The predicted molar refractivity (Wildman–Crippen MR) is 106 cm³/mol. The summed E-state index contributed by atoms with van der Waals surface area (Å²) in [7, 11) is 2.13. The zero-order valence-electron chi connectivity index (χ0n) is 14.7. The van der Waals surface area contributed by atoms with Crippen LogP contribution in [-0.4, -0.2) is 4.57 Å². The topological polar surface area (TPSA) is 18.1 Å². The number of hydrogen-bond donors (Lipinski definition) is 0. The maximum absolute atomic E-state index is 6.39. The molecule has 0 aliphatic carbocycles. The standard InChI is InChI=1S/C23H21NO/c1-3-4-8-15-9-7-12-20-21(15)17-13-14-19-22(23(17)25-20)16-10-5-6-11-18(16)24(19)2/h5-7,9-14H,3-4,8H2,1-2H3. The second-order valence-corrected chi connectivity index (χ2v) is 6.91. The van der Waals surface area contributed by atoms with Gasteiger partial charge in [-0.3, -0.25) is 0 Å². The van der Waals surface area contributed by atoms with Gasteiger partial charge in [0.1, 0.15) is 11.2 Å². The summed E-state index contributed by atoms with van der Waals surface area (Å²) in [6.45, 7) is 2.24. The first-order valence-electron chi connectivity index (χ1n) is 9.10. The first kappa shape index (κ1) is 14.6. The molecule has 0 saturated heterocycles. The zero-order valence-corrected chi connectivity index (χ0v) is 14.7. The van der Waals surface area contributed by atoms with E-state index in [-0.39, 0.29) is 0 Å². The van der Waals surface area contributed by atoms with Crippen molar-refractivity contribution >= 4 is 43.7 Å². The minimum atomic E-state index is 1.00. The molecule has 2 heteroatoms. The van der Waals surface area contributed by atoms with Crippen LogP contribution in [0.2, 0.25) is 0 Å². The van der Waals surface area contributed by atoms with Gasteiger partial charge in [-0.15, -0.1) is 0 Å². The lowest BCUT2D eigenvalue weighted by Crippen LogP contribution is -1.86. The van der Waals surface area contributed by atoms with Gasteiger partial charge in [-0.25, -0.2) is 0 Å². The van der Waals surface area contributed by atoms with Gasteiger partial charge in [-0.05, 0) is 42.7 Å². The van der Waals surface area contributed by atoms with E-state index in [0.717, 1.165) is 17.6 Å². The van der Waals surface area contributed by atoms with Gasteiger partial charge in [0.2, 0.25) is 0 Å². The van der Waals surface area contributed by atoms with Crippen molar-refractivity contribution < 1.29 is 4.42 Å². The van der Waals surface area contributed by atoms with Gasteiger partial charge in [0.15, 0.2) is 0 Å². The summed E-state index contributed by atoms with van der Waals surface area (Å²) in [5.74, 6) is 0. The number of fused-ring (bicyclic) bond motifs is 7. The largest absolute Gasteiger partial charge is 0.455 e. The number of aryl methyl sites for hydroxylation is 2. The van der Waals surface area contributed by atoms with E-state index in [4.69, 9.17) is 4.42 Å². The number of unbranched alkanes of at least 4 members (excludes halogenated alkanes) is 1. The zero-order chi connectivity index (χ0) is 17.0. The molecule has 0 saturated carbocycles. The Morgan fingerprint density at radius 3 is 2.60 bits per heavy atom. The summed E-state index contributed by atoms with van der Waals surface area (Å²) >= 11 is 0. The van der Waals surface area contributed by atoms with Gasteiger partial charge in [0.25, 0.3) is 0 Å². The summed E-state index contributed by atoms with van der Waals surface area (Å²) in [6.07, 6.45) is 3.53. The van der Waals surface area contributed by atoms with Gasteiger partial charge in [-0.1, -0.05) is 43.7 Å². The van der Waals surface area contributed by atoms with Crippen molar-refractivity contribution in [2.75, 3.05) is 0 Å². The molecule has 0 spiro atoms. The van der Waals surface area contributed by atoms with E-state index in [1.807, 2.05) is 0 Å². The highest BCUT2D eigenvalue weighted by molar-refractivity contribution is 6.23. The lowest BCUT2D eigenvalue weighted by atomic mass is 10.0. The molecular weight excluding hydrogens is 306 g/mol. The van der Waals surface area contributed by atoms with Crippen molar-refractivity contribution in [3.63, 3.8) is 0 Å². The molecule has 2 heterocycles. The molecular formula is C23H21NO. The van der Waals surface area contributed by atoms with Gasteiger partial charge >= 0.3 is 0 Å². The Bertz CT molecular complexity index is 1240. The number of furan rings is 1. The fourth-order valence-corrected chi connectivity index (χ4v) is 4.18. The van der Waals surface area contributed by atoms with E-state index >= 15 is 0 Å². The summed E-state index contributed by atoms with van der Waals surface area (Å²) in [6, 6.07) is 19.5. The number of rotatable bonds is 3. The van der Waals surface area contributed by atoms with E-state index in [2.05, 4.69) is 73.1 Å². The lowest BCUT2D eigenvalue weighted by Gasteiger charge is -2.02. The number of nitrogens with zero attached hydrogens (tertiary/aromatic N) is 1. The van der Waals surface area contributed by atoms with Crippen molar-refractivity contribution in [3.8, 4) is 0 Å². The number of benzene rings is 3. The Labute approximate surface area is 146 Å². The first-order chi connectivity index (χ1) is 12.3. The first-order valence-corrected chi connectivity index (χ1v) is 9.10. The monoisotopic (exact) mass is 327 g/mol. The van der Waals surface area contributed by atoms with Crippen LogP contribution in [-0.2, 0) is 13.5 Å². The molecule has 5 rings (SSSR count). The Kier molecular flexibility index (Phi) is 3.14. The molecule has 0 radical (unpaired) electrons. The molecule has 0 N–H and O–H groups in total. The Morgan fingerprint density at radius 2 is 1.72 bits per heavy atom. The Morgan fingerprint density at radius 1 is 0.840 bits per heavy atom. The molecule has 0 fully saturated rings. The van der Waals surface area contributed by atoms with Crippen molar-refractivity contribution in [1.82, 2.24) is 4.57 Å². The summed E-state index contributed by atoms with van der Waals surface area (Å²) < 4.78 is 8.65. The minimum absolute atomic E-state index is 1.00. The predicted octanol–water partition coefficient (Wildman–Crippen LogP) is 6.57. The Hall–Kier alpha value is -2.74. The van der Waals surface area contributed by atoms with Crippen LogP contribution < -0.4 is 0 Å². The van der Waals surface area contributed by atoms with Gasteiger partial charge in [0.05, 0.1) is 10.9 Å². The maximum atomic E-state index is 6.39. The summed E-state index contributed by atoms with van der Waals surface area (Å²) in [4.78, 5) is 0. The molecule has 0 amide bonds. The quantitative estimate of drug-likeness (QED) is 0.366. The third kappa shape index (κ3) is 1.97. The summed E-state index contributed by atoms with van der Waals surface area (Å²) in [5.41, 5.74) is 5.90. The second kappa shape index (κ2) is 5.38. The molecule has 0 atom stereocenters. The van der Waals surface area contributed by atoms with Crippen LogP contribution >= 0.6 is 0 Å². The van der Waals surface area contributed by atoms with Gasteiger partial charge in [-0.2, -0.15) is 0 Å². The normalized spacial score (nSPS) is 12.1. The lowest BCUT2D eigenvalue weighted by molar-refractivity contribution is 0.672. The fourth-order valence-electron chi connectivity index (χ4n) is 4.18. The van der Waals surface area contributed by atoms with E-state index in [1.54, 1.807) is 0 Å². The molecule has 3 aromatic carbocycles. The van der Waals surface area contributed by atoms with Crippen LogP contribution in [0.25, 0.3) is 43.7 Å². The highest BCUT2D eigenvalue weighted by Gasteiger charge is 2.17. The van der Waals surface area contributed by atoms with Crippen molar-refractivity contribution in [1.29, 1.82) is 0 Å². The fraction of sp³-hybridized carbons (Fsp3) is 0.217. The van der Waals surface area contributed by atoms with Crippen LogP contribution in [0.15, 0.2) is 59.0 Å². The molecule has 124 valence electrons.